The zero-order valence-electron chi connectivity index (χ0n) is 12.1. The fraction of sp³-hybridized carbons (Fsp3) is 0.786. The van der Waals surface area contributed by atoms with Crippen molar-refractivity contribution in [2.75, 3.05) is 0 Å². The molecule has 1 aliphatic rings. The first-order valence-electron chi connectivity index (χ1n) is 6.65. The predicted molar refractivity (Wildman–Crippen MR) is 71.1 cm³/mol. The Morgan fingerprint density at radius 1 is 1.56 bits per heavy atom. The molecule has 4 nitrogen and oxygen atoms in total. The highest BCUT2D eigenvalue weighted by atomic mass is 16.6. The normalized spacial score (nSPS) is 24.8. The zero-order valence-corrected chi connectivity index (χ0v) is 12.1. The lowest BCUT2D eigenvalue weighted by molar-refractivity contribution is 0.0176. The average molecular weight is 255 g/mol. The third-order valence-corrected chi connectivity index (χ3v) is 2.81. The number of hydrogen-bond acceptors (Lipinski definition) is 3. The van der Waals surface area contributed by atoms with Crippen LogP contribution in [0.5, 0.6) is 0 Å². The van der Waals surface area contributed by atoms with Crippen LogP contribution in [0.25, 0.3) is 0 Å². The Morgan fingerprint density at radius 3 is 2.67 bits per heavy atom. The van der Waals surface area contributed by atoms with Crippen LogP contribution < -0.4 is 0 Å². The smallest absolute Gasteiger partial charge is 0.414 e. The molecule has 0 unspecified atom stereocenters. The Morgan fingerprint density at radius 2 is 2.17 bits per heavy atom. The molecule has 0 spiro atoms. The summed E-state index contributed by atoms with van der Waals surface area (Å²) < 4.78 is 5.42. The van der Waals surface area contributed by atoms with Crippen molar-refractivity contribution in [2.24, 2.45) is 0 Å². The van der Waals surface area contributed by atoms with E-state index in [1.807, 2.05) is 27.7 Å². The Hall–Kier alpha value is -1.03. The number of carbonyl (C=O) groups excluding carboxylic acids is 1. The molecule has 104 valence electrons. The van der Waals surface area contributed by atoms with E-state index in [9.17, 15) is 9.90 Å². The van der Waals surface area contributed by atoms with Crippen LogP contribution in [-0.2, 0) is 4.74 Å². The van der Waals surface area contributed by atoms with Crippen LogP contribution in [-0.4, -0.2) is 33.8 Å². The standard InChI is InChI=1S/C14H25NO3/c1-6-7-11-9-12(16)8-10(2)15(11)13(17)18-14(3,4)5/h9-10,12,16H,6-8H2,1-5H3/t10-,12-/m0/s1. The van der Waals surface area contributed by atoms with Gasteiger partial charge in [0.15, 0.2) is 0 Å². The van der Waals surface area contributed by atoms with Gasteiger partial charge in [-0.2, -0.15) is 0 Å². The molecule has 0 aliphatic carbocycles. The maximum Gasteiger partial charge on any atom is 0.414 e. The van der Waals surface area contributed by atoms with Gasteiger partial charge in [-0.1, -0.05) is 13.3 Å². The fourth-order valence-corrected chi connectivity index (χ4v) is 2.18. The number of nitrogens with zero attached hydrogens (tertiary/aromatic N) is 1. The maximum atomic E-state index is 12.2. The number of hydrogen-bond donors (Lipinski definition) is 1. The summed E-state index contributed by atoms with van der Waals surface area (Å²) in [6, 6.07) is -0.0265. The third kappa shape index (κ3) is 4.02. The molecule has 0 fully saturated rings. The number of carbonyl (C=O) groups is 1. The summed E-state index contributed by atoms with van der Waals surface area (Å²) in [6.07, 6.45) is 3.27. The minimum Gasteiger partial charge on any atom is -0.443 e. The number of ether oxygens (including phenoxy) is 1. The van der Waals surface area contributed by atoms with E-state index in [1.54, 1.807) is 11.0 Å². The van der Waals surface area contributed by atoms with E-state index in [2.05, 4.69) is 6.92 Å². The van der Waals surface area contributed by atoms with Crippen molar-refractivity contribution in [2.45, 2.75) is 71.6 Å². The van der Waals surface area contributed by atoms with Crippen LogP contribution in [0.1, 0.15) is 53.9 Å². The van der Waals surface area contributed by atoms with Crippen molar-refractivity contribution in [1.82, 2.24) is 4.90 Å². The number of rotatable bonds is 2. The van der Waals surface area contributed by atoms with Crippen molar-refractivity contribution in [3.05, 3.63) is 11.8 Å². The van der Waals surface area contributed by atoms with Crippen LogP contribution in [0.4, 0.5) is 4.79 Å². The summed E-state index contributed by atoms with van der Waals surface area (Å²) in [4.78, 5) is 13.9. The van der Waals surface area contributed by atoms with Crippen LogP contribution in [0.3, 0.4) is 0 Å². The van der Waals surface area contributed by atoms with Crippen LogP contribution in [0, 0.1) is 0 Å². The number of amides is 1. The van der Waals surface area contributed by atoms with E-state index in [0.717, 1.165) is 18.5 Å². The topological polar surface area (TPSA) is 49.8 Å². The molecule has 2 atom stereocenters. The largest absolute Gasteiger partial charge is 0.443 e. The molecular formula is C14H25NO3. The Labute approximate surface area is 110 Å². The summed E-state index contributed by atoms with van der Waals surface area (Å²) in [6.45, 7) is 9.57. The number of aliphatic hydroxyl groups excluding tert-OH is 1. The minimum atomic E-state index is -0.496. The van der Waals surface area contributed by atoms with E-state index < -0.39 is 11.7 Å². The molecule has 0 bridgehead atoms. The summed E-state index contributed by atoms with van der Waals surface area (Å²) in [7, 11) is 0. The molecule has 1 amide bonds. The van der Waals surface area contributed by atoms with Crippen molar-refractivity contribution >= 4 is 6.09 Å². The highest BCUT2D eigenvalue weighted by Crippen LogP contribution is 2.26. The van der Waals surface area contributed by atoms with Gasteiger partial charge in [0, 0.05) is 11.7 Å². The van der Waals surface area contributed by atoms with Crippen molar-refractivity contribution in [3.8, 4) is 0 Å². The molecule has 0 saturated carbocycles. The number of aliphatic hydroxyl groups is 1. The fourth-order valence-electron chi connectivity index (χ4n) is 2.18. The van der Waals surface area contributed by atoms with Gasteiger partial charge in [0.1, 0.15) is 5.60 Å². The minimum absolute atomic E-state index is 0.0265. The van der Waals surface area contributed by atoms with Crippen molar-refractivity contribution < 1.29 is 14.6 Å². The zero-order chi connectivity index (χ0) is 13.9. The first kappa shape index (κ1) is 15.0. The second kappa shape index (κ2) is 5.74. The lowest BCUT2D eigenvalue weighted by Gasteiger charge is -2.37. The predicted octanol–water partition coefficient (Wildman–Crippen LogP) is 3.06. The summed E-state index contributed by atoms with van der Waals surface area (Å²) in [5.74, 6) is 0. The lowest BCUT2D eigenvalue weighted by atomic mass is 10.0. The highest BCUT2D eigenvalue weighted by molar-refractivity contribution is 5.71. The molecule has 1 rings (SSSR count). The van der Waals surface area contributed by atoms with E-state index >= 15 is 0 Å². The van der Waals surface area contributed by atoms with Crippen molar-refractivity contribution in [3.63, 3.8) is 0 Å². The monoisotopic (exact) mass is 255 g/mol. The van der Waals surface area contributed by atoms with Gasteiger partial charge in [0.2, 0.25) is 0 Å². The van der Waals surface area contributed by atoms with E-state index in [0.29, 0.717) is 6.42 Å². The SMILES string of the molecule is CCCC1=C[C@@H](O)C[C@H](C)N1C(=O)OC(C)(C)C. The van der Waals surface area contributed by atoms with Gasteiger partial charge in [0.25, 0.3) is 0 Å². The van der Waals surface area contributed by atoms with Crippen LogP contribution >= 0.6 is 0 Å². The molecule has 0 aromatic carbocycles. The average Bonchev–Trinajstić information content (AvgIpc) is 2.13. The summed E-state index contributed by atoms with van der Waals surface area (Å²) >= 11 is 0. The molecule has 4 heteroatoms. The van der Waals surface area contributed by atoms with Gasteiger partial charge in [0.05, 0.1) is 6.10 Å². The van der Waals surface area contributed by atoms with E-state index in [4.69, 9.17) is 4.74 Å². The molecule has 0 aromatic rings. The summed E-state index contributed by atoms with van der Waals surface area (Å²) in [5.41, 5.74) is 0.377. The molecular weight excluding hydrogens is 230 g/mol. The molecule has 1 heterocycles. The molecule has 0 saturated heterocycles. The molecule has 1 aliphatic heterocycles. The lowest BCUT2D eigenvalue weighted by Crippen LogP contribution is -2.45. The van der Waals surface area contributed by atoms with Gasteiger partial charge in [-0.05, 0) is 46.6 Å². The second-order valence-electron chi connectivity index (χ2n) is 5.91. The Bertz CT molecular complexity index is 330. The van der Waals surface area contributed by atoms with Gasteiger partial charge >= 0.3 is 6.09 Å². The first-order chi connectivity index (χ1) is 8.24. The van der Waals surface area contributed by atoms with Crippen LogP contribution in [0.2, 0.25) is 0 Å². The van der Waals surface area contributed by atoms with Gasteiger partial charge in [-0.15, -0.1) is 0 Å². The first-order valence-corrected chi connectivity index (χ1v) is 6.65. The van der Waals surface area contributed by atoms with E-state index in [1.165, 1.54) is 0 Å². The van der Waals surface area contributed by atoms with Gasteiger partial charge < -0.3 is 9.84 Å². The van der Waals surface area contributed by atoms with E-state index in [-0.39, 0.29) is 12.1 Å². The summed E-state index contributed by atoms with van der Waals surface area (Å²) in [5, 5.41) is 9.75. The van der Waals surface area contributed by atoms with Gasteiger partial charge in [-0.3, -0.25) is 4.90 Å². The molecule has 0 aromatic heterocycles. The quantitative estimate of drug-likeness (QED) is 0.825. The molecule has 1 N–H and O–H groups in total. The maximum absolute atomic E-state index is 12.2. The second-order valence-corrected chi connectivity index (χ2v) is 5.91. The molecule has 18 heavy (non-hydrogen) atoms. The van der Waals surface area contributed by atoms with Crippen LogP contribution in [0.15, 0.2) is 11.8 Å². The van der Waals surface area contributed by atoms with Gasteiger partial charge in [-0.25, -0.2) is 4.79 Å². The Kier molecular flexibility index (Phi) is 4.79. The highest BCUT2D eigenvalue weighted by Gasteiger charge is 2.32. The molecule has 0 radical (unpaired) electrons. The van der Waals surface area contributed by atoms with Crippen molar-refractivity contribution in [1.29, 1.82) is 0 Å². The third-order valence-electron chi connectivity index (χ3n) is 2.81. The Balaban J connectivity index is 2.88. The number of allylic oxidation sites excluding steroid dienone is 1.